The molecule has 2 amide bonds. The van der Waals surface area contributed by atoms with Crippen molar-refractivity contribution in [2.45, 2.75) is 19.5 Å². The third-order valence-electron chi connectivity index (χ3n) is 5.06. The van der Waals surface area contributed by atoms with Crippen LogP contribution in [0.5, 0.6) is 11.5 Å². The molecule has 0 spiro atoms. The summed E-state index contributed by atoms with van der Waals surface area (Å²) in [7, 11) is 0. The topological polar surface area (TPSA) is 104 Å². The summed E-state index contributed by atoms with van der Waals surface area (Å²) in [6.45, 7) is 4.75. The van der Waals surface area contributed by atoms with Crippen LogP contribution >= 0.6 is 0 Å². The molecule has 0 unspecified atom stereocenters. The van der Waals surface area contributed by atoms with Gasteiger partial charge < -0.3 is 29.7 Å². The number of para-hydroxylation sites is 1. The van der Waals surface area contributed by atoms with Gasteiger partial charge in [-0.25, -0.2) is 9.18 Å². The van der Waals surface area contributed by atoms with Crippen LogP contribution in [0.15, 0.2) is 36.7 Å². The zero-order chi connectivity index (χ0) is 22.2. The number of carboxylic acid groups (broad SMARTS) is 1. The van der Waals surface area contributed by atoms with Crippen molar-refractivity contribution in [1.82, 2.24) is 15.2 Å². The largest absolute Gasteiger partial charge is 0.486 e. The number of benzene rings is 1. The highest BCUT2D eigenvalue weighted by molar-refractivity contribution is 5.75. The van der Waals surface area contributed by atoms with Crippen LogP contribution < -0.4 is 19.7 Å². The van der Waals surface area contributed by atoms with Gasteiger partial charge in [-0.05, 0) is 19.1 Å². The molecule has 1 saturated heterocycles. The van der Waals surface area contributed by atoms with E-state index in [1.54, 1.807) is 17.2 Å². The van der Waals surface area contributed by atoms with Crippen molar-refractivity contribution in [3.05, 3.63) is 48.0 Å². The smallest absolute Gasteiger partial charge is 0.318 e. The highest BCUT2D eigenvalue weighted by Crippen LogP contribution is 2.33. The van der Waals surface area contributed by atoms with Gasteiger partial charge in [-0.1, -0.05) is 12.1 Å². The summed E-state index contributed by atoms with van der Waals surface area (Å²) in [4.78, 5) is 28.6. The highest BCUT2D eigenvalue weighted by Gasteiger charge is 2.28. The van der Waals surface area contributed by atoms with E-state index in [4.69, 9.17) is 19.4 Å². The highest BCUT2D eigenvalue weighted by atomic mass is 19.1. The fourth-order valence-corrected chi connectivity index (χ4v) is 3.65. The van der Waals surface area contributed by atoms with Gasteiger partial charge in [0.2, 0.25) is 0 Å². The van der Waals surface area contributed by atoms with E-state index >= 15 is 0 Å². The predicted octanol–water partition coefficient (Wildman–Crippen LogP) is 2.11. The first-order chi connectivity index (χ1) is 15.0. The Bertz CT molecular complexity index is 913. The number of carbonyl (C=O) groups excluding carboxylic acids is 1. The molecule has 1 fully saturated rings. The number of hydrogen-bond acceptors (Lipinski definition) is 6. The monoisotopic (exact) mass is 432 g/mol. The van der Waals surface area contributed by atoms with E-state index in [0.29, 0.717) is 56.6 Å². The molecule has 0 radical (unpaired) electrons. The van der Waals surface area contributed by atoms with Gasteiger partial charge in [0.25, 0.3) is 6.47 Å². The average Bonchev–Trinajstić information content (AvgIpc) is 2.78. The molecule has 1 aromatic carbocycles. The number of pyridine rings is 1. The minimum absolute atomic E-state index is 0.0504. The SMILES string of the molecule is C[C@@H]1CN(c2ccncc2F)CCN1C(=O)NCc1cccc2c1OCCO2.O=CO. The van der Waals surface area contributed by atoms with E-state index in [9.17, 15) is 9.18 Å². The summed E-state index contributed by atoms with van der Waals surface area (Å²) in [6, 6.07) is 7.14. The van der Waals surface area contributed by atoms with Crippen LogP contribution in [0.4, 0.5) is 14.9 Å². The number of anilines is 1. The molecule has 2 aromatic rings. The normalized spacial score (nSPS) is 17.3. The number of aromatic nitrogens is 1. The fourth-order valence-electron chi connectivity index (χ4n) is 3.65. The third kappa shape index (κ3) is 5.33. The lowest BCUT2D eigenvalue weighted by Gasteiger charge is -2.40. The number of halogens is 1. The number of urea groups is 1. The molecule has 9 nitrogen and oxygen atoms in total. The molecule has 2 N–H and O–H groups in total. The zero-order valence-corrected chi connectivity index (χ0v) is 17.2. The number of hydrogen-bond donors (Lipinski definition) is 2. The minimum Gasteiger partial charge on any atom is -0.486 e. The van der Waals surface area contributed by atoms with Crippen molar-refractivity contribution in [1.29, 1.82) is 0 Å². The molecule has 4 rings (SSSR count). The second-order valence-corrected chi connectivity index (χ2v) is 7.02. The number of amides is 2. The number of nitrogens with zero attached hydrogens (tertiary/aromatic N) is 3. The molecule has 1 atom stereocenters. The van der Waals surface area contributed by atoms with Crippen LogP contribution in [0.25, 0.3) is 0 Å². The minimum atomic E-state index is -0.344. The second-order valence-electron chi connectivity index (χ2n) is 7.02. The van der Waals surface area contributed by atoms with Gasteiger partial charge in [0.1, 0.15) is 13.2 Å². The van der Waals surface area contributed by atoms with Crippen LogP contribution in [0, 0.1) is 5.82 Å². The quantitative estimate of drug-likeness (QED) is 0.716. The standard InChI is InChI=1S/C20H23FN4O3.CH2O2/c1-14-13-24(17-5-6-22-12-16(17)21)7-8-25(14)20(26)23-11-15-3-2-4-18-19(15)28-10-9-27-18;2-1-3/h2-6,12,14H,7-11,13H2,1H3,(H,23,26);1H,(H,2,3)/t14-;/m1./s1. The molecule has 1 aromatic heterocycles. The number of piperazine rings is 1. The second kappa shape index (κ2) is 10.5. The molecule has 2 aliphatic rings. The lowest BCUT2D eigenvalue weighted by atomic mass is 10.1. The summed E-state index contributed by atoms with van der Waals surface area (Å²) in [5, 5.41) is 9.85. The number of rotatable bonds is 3. The van der Waals surface area contributed by atoms with Gasteiger partial charge >= 0.3 is 6.03 Å². The summed E-state index contributed by atoms with van der Waals surface area (Å²) < 4.78 is 25.3. The first-order valence-electron chi connectivity index (χ1n) is 9.89. The van der Waals surface area contributed by atoms with Crippen LogP contribution in [-0.2, 0) is 11.3 Å². The van der Waals surface area contributed by atoms with E-state index in [-0.39, 0.29) is 24.4 Å². The van der Waals surface area contributed by atoms with Crippen molar-refractivity contribution < 1.29 is 28.6 Å². The third-order valence-corrected chi connectivity index (χ3v) is 5.06. The van der Waals surface area contributed by atoms with Gasteiger partial charge in [-0.3, -0.25) is 9.78 Å². The summed E-state index contributed by atoms with van der Waals surface area (Å²) >= 11 is 0. The van der Waals surface area contributed by atoms with Crippen molar-refractivity contribution in [3.63, 3.8) is 0 Å². The molecular weight excluding hydrogens is 407 g/mol. The molecule has 10 heteroatoms. The lowest BCUT2D eigenvalue weighted by Crippen LogP contribution is -2.56. The van der Waals surface area contributed by atoms with Crippen molar-refractivity contribution in [2.24, 2.45) is 0 Å². The molecular formula is C21H25FN4O5. The van der Waals surface area contributed by atoms with Crippen molar-refractivity contribution >= 4 is 18.2 Å². The Morgan fingerprint density at radius 1 is 1.32 bits per heavy atom. The molecule has 0 bridgehead atoms. The molecule has 0 saturated carbocycles. The van der Waals surface area contributed by atoms with Gasteiger partial charge in [0.05, 0.1) is 11.9 Å². The predicted molar refractivity (Wildman–Crippen MR) is 111 cm³/mol. The summed E-state index contributed by atoms with van der Waals surface area (Å²) in [5.74, 6) is 1.06. The van der Waals surface area contributed by atoms with Gasteiger partial charge in [0.15, 0.2) is 17.3 Å². The van der Waals surface area contributed by atoms with Gasteiger partial charge in [-0.2, -0.15) is 0 Å². The van der Waals surface area contributed by atoms with E-state index in [1.165, 1.54) is 6.20 Å². The first kappa shape index (κ1) is 22.1. The lowest BCUT2D eigenvalue weighted by molar-refractivity contribution is -0.122. The van der Waals surface area contributed by atoms with E-state index in [2.05, 4.69) is 10.3 Å². The number of ether oxygens (including phenoxy) is 2. The Morgan fingerprint density at radius 3 is 2.84 bits per heavy atom. The van der Waals surface area contributed by atoms with Crippen LogP contribution in [0.1, 0.15) is 12.5 Å². The van der Waals surface area contributed by atoms with E-state index in [0.717, 1.165) is 5.56 Å². The van der Waals surface area contributed by atoms with Crippen molar-refractivity contribution in [3.8, 4) is 11.5 Å². The Hall–Kier alpha value is -3.56. The molecule has 2 aliphatic heterocycles. The number of nitrogens with one attached hydrogen (secondary N) is 1. The summed E-state index contributed by atoms with van der Waals surface area (Å²) in [5.41, 5.74) is 1.41. The van der Waals surface area contributed by atoms with Crippen LogP contribution in [0.2, 0.25) is 0 Å². The molecule has 31 heavy (non-hydrogen) atoms. The van der Waals surface area contributed by atoms with Gasteiger partial charge in [0, 0.05) is 44.0 Å². The van der Waals surface area contributed by atoms with Gasteiger partial charge in [-0.15, -0.1) is 0 Å². The Labute approximate surface area is 179 Å². The summed E-state index contributed by atoms with van der Waals surface area (Å²) in [6.07, 6.45) is 2.79. The van der Waals surface area contributed by atoms with E-state index < -0.39 is 0 Å². The fraction of sp³-hybridized carbons (Fsp3) is 0.381. The number of fused-ring (bicyclic) bond motifs is 1. The zero-order valence-electron chi connectivity index (χ0n) is 17.2. The Kier molecular flexibility index (Phi) is 7.47. The first-order valence-corrected chi connectivity index (χ1v) is 9.89. The molecule has 166 valence electrons. The molecule has 3 heterocycles. The molecule has 0 aliphatic carbocycles. The Balaban J connectivity index is 0.000000858. The van der Waals surface area contributed by atoms with E-state index in [1.807, 2.05) is 30.0 Å². The van der Waals surface area contributed by atoms with Crippen molar-refractivity contribution in [2.75, 3.05) is 37.7 Å². The van der Waals surface area contributed by atoms with Crippen LogP contribution in [0.3, 0.4) is 0 Å². The maximum Gasteiger partial charge on any atom is 0.318 e. The van der Waals surface area contributed by atoms with Crippen LogP contribution in [-0.4, -0.2) is 66.4 Å². The maximum absolute atomic E-state index is 14.0. The Morgan fingerprint density at radius 2 is 2.10 bits per heavy atom. The maximum atomic E-state index is 14.0. The number of carbonyl (C=O) groups is 2. The average molecular weight is 432 g/mol.